The van der Waals surface area contributed by atoms with E-state index in [0.29, 0.717) is 18.0 Å². The highest BCUT2D eigenvalue weighted by Gasteiger charge is 2.07. The van der Waals surface area contributed by atoms with E-state index in [1.807, 2.05) is 18.2 Å². The van der Waals surface area contributed by atoms with Crippen LogP contribution in [0.2, 0.25) is 0 Å². The number of carbonyl (C=O) groups is 2. The SMILES string of the molecule is NC(=O)CCSc1ccccc1NC(=O)NCc1ccc(F)cc1. The molecule has 2 aromatic rings. The fourth-order valence-corrected chi connectivity index (χ4v) is 2.88. The van der Waals surface area contributed by atoms with Crippen LogP contribution in [0.4, 0.5) is 14.9 Å². The summed E-state index contributed by atoms with van der Waals surface area (Å²) in [5, 5.41) is 5.48. The van der Waals surface area contributed by atoms with Crippen molar-refractivity contribution in [3.63, 3.8) is 0 Å². The van der Waals surface area contributed by atoms with E-state index in [1.165, 1.54) is 23.9 Å². The summed E-state index contributed by atoms with van der Waals surface area (Å²) in [6.07, 6.45) is 0.274. The van der Waals surface area contributed by atoms with E-state index in [1.54, 1.807) is 18.2 Å². The van der Waals surface area contributed by atoms with Gasteiger partial charge in [-0.2, -0.15) is 0 Å². The molecule has 24 heavy (non-hydrogen) atoms. The van der Waals surface area contributed by atoms with Gasteiger partial charge in [0.25, 0.3) is 0 Å². The number of halogens is 1. The molecular weight excluding hydrogens is 329 g/mol. The summed E-state index contributed by atoms with van der Waals surface area (Å²) in [4.78, 5) is 23.7. The third-order valence-electron chi connectivity index (χ3n) is 3.11. The number of amides is 3. The highest BCUT2D eigenvalue weighted by Crippen LogP contribution is 2.27. The summed E-state index contributed by atoms with van der Waals surface area (Å²) < 4.78 is 12.8. The first-order valence-electron chi connectivity index (χ1n) is 7.34. The number of nitrogens with two attached hydrogens (primary N) is 1. The Balaban J connectivity index is 1.88. The normalized spacial score (nSPS) is 10.2. The lowest BCUT2D eigenvalue weighted by molar-refractivity contribution is -0.117. The smallest absolute Gasteiger partial charge is 0.319 e. The number of primary amides is 1. The van der Waals surface area contributed by atoms with Crippen molar-refractivity contribution in [1.29, 1.82) is 0 Å². The summed E-state index contributed by atoms with van der Waals surface area (Å²) in [7, 11) is 0. The van der Waals surface area contributed by atoms with E-state index in [2.05, 4.69) is 10.6 Å². The predicted octanol–water partition coefficient (Wildman–Crippen LogP) is 3.11. The second-order valence-corrected chi connectivity index (χ2v) is 6.13. The van der Waals surface area contributed by atoms with Crippen LogP contribution in [-0.4, -0.2) is 17.7 Å². The van der Waals surface area contributed by atoms with Crippen molar-refractivity contribution in [3.05, 3.63) is 59.9 Å². The molecule has 0 saturated heterocycles. The van der Waals surface area contributed by atoms with Gasteiger partial charge in [-0.15, -0.1) is 11.8 Å². The molecule has 0 aromatic heterocycles. The molecule has 3 amide bonds. The van der Waals surface area contributed by atoms with Crippen LogP contribution >= 0.6 is 11.8 Å². The second-order valence-electron chi connectivity index (χ2n) is 5.00. The molecule has 0 aliphatic heterocycles. The molecule has 2 rings (SSSR count). The van der Waals surface area contributed by atoms with E-state index in [0.717, 1.165) is 10.5 Å². The number of urea groups is 1. The molecule has 0 heterocycles. The van der Waals surface area contributed by atoms with Gasteiger partial charge in [0.2, 0.25) is 5.91 Å². The average Bonchev–Trinajstić information content (AvgIpc) is 2.55. The van der Waals surface area contributed by atoms with Crippen LogP contribution < -0.4 is 16.4 Å². The average molecular weight is 347 g/mol. The quantitative estimate of drug-likeness (QED) is 0.673. The van der Waals surface area contributed by atoms with Crippen molar-refractivity contribution in [2.45, 2.75) is 17.9 Å². The number of hydrogen-bond donors (Lipinski definition) is 3. The van der Waals surface area contributed by atoms with Gasteiger partial charge in [0.05, 0.1) is 5.69 Å². The topological polar surface area (TPSA) is 84.2 Å². The van der Waals surface area contributed by atoms with Gasteiger partial charge in [-0.05, 0) is 29.8 Å². The molecule has 5 nitrogen and oxygen atoms in total. The van der Waals surface area contributed by atoms with Crippen LogP contribution in [-0.2, 0) is 11.3 Å². The van der Waals surface area contributed by atoms with Gasteiger partial charge < -0.3 is 16.4 Å². The molecule has 0 aliphatic carbocycles. The Morgan fingerprint density at radius 1 is 1.08 bits per heavy atom. The minimum atomic E-state index is -0.359. The van der Waals surface area contributed by atoms with Crippen molar-refractivity contribution in [1.82, 2.24) is 5.32 Å². The van der Waals surface area contributed by atoms with E-state index in [9.17, 15) is 14.0 Å². The summed E-state index contributed by atoms with van der Waals surface area (Å²) in [6, 6.07) is 12.9. The maximum atomic E-state index is 12.8. The third-order valence-corrected chi connectivity index (χ3v) is 4.18. The highest BCUT2D eigenvalue weighted by atomic mass is 32.2. The fraction of sp³-hybridized carbons (Fsp3) is 0.176. The molecular formula is C17H18FN3O2S. The zero-order valence-corrected chi connectivity index (χ0v) is 13.7. The maximum absolute atomic E-state index is 12.8. The molecule has 0 aliphatic rings. The molecule has 0 spiro atoms. The Labute approximate surface area is 143 Å². The minimum absolute atomic E-state index is 0.274. The van der Waals surface area contributed by atoms with Crippen LogP contribution in [0, 0.1) is 5.82 Å². The number of thioether (sulfide) groups is 1. The lowest BCUT2D eigenvalue weighted by Crippen LogP contribution is -2.28. The molecule has 0 bridgehead atoms. The summed E-state index contributed by atoms with van der Waals surface area (Å²) in [6.45, 7) is 0.295. The lowest BCUT2D eigenvalue weighted by atomic mass is 10.2. The monoisotopic (exact) mass is 347 g/mol. The van der Waals surface area contributed by atoms with Crippen molar-refractivity contribution < 1.29 is 14.0 Å². The number of carbonyl (C=O) groups excluding carboxylic acids is 2. The van der Waals surface area contributed by atoms with Crippen molar-refractivity contribution in [3.8, 4) is 0 Å². The van der Waals surface area contributed by atoms with Crippen LogP contribution in [0.1, 0.15) is 12.0 Å². The first kappa shape index (κ1) is 17.8. The minimum Gasteiger partial charge on any atom is -0.370 e. The third kappa shape index (κ3) is 5.92. The number of rotatable bonds is 7. The number of hydrogen-bond acceptors (Lipinski definition) is 3. The van der Waals surface area contributed by atoms with E-state index in [-0.39, 0.29) is 24.2 Å². The van der Waals surface area contributed by atoms with Crippen LogP contribution in [0.25, 0.3) is 0 Å². The van der Waals surface area contributed by atoms with Gasteiger partial charge in [-0.25, -0.2) is 9.18 Å². The van der Waals surface area contributed by atoms with Crippen molar-refractivity contribution in [2.24, 2.45) is 5.73 Å². The van der Waals surface area contributed by atoms with Crippen LogP contribution in [0.3, 0.4) is 0 Å². The second kappa shape index (κ2) is 8.93. The van der Waals surface area contributed by atoms with E-state index >= 15 is 0 Å². The summed E-state index contributed by atoms with van der Waals surface area (Å²) in [5.74, 6) is -0.124. The predicted molar refractivity (Wildman–Crippen MR) is 93.2 cm³/mol. The number of benzene rings is 2. The van der Waals surface area contributed by atoms with Gasteiger partial charge in [-0.3, -0.25) is 4.79 Å². The number of anilines is 1. The highest BCUT2D eigenvalue weighted by molar-refractivity contribution is 7.99. The van der Waals surface area contributed by atoms with Gasteiger partial charge in [0, 0.05) is 23.6 Å². The summed E-state index contributed by atoms with van der Waals surface area (Å²) >= 11 is 1.45. The first-order valence-corrected chi connectivity index (χ1v) is 8.32. The van der Waals surface area contributed by atoms with Crippen LogP contribution in [0.15, 0.2) is 53.4 Å². The Kier molecular flexibility index (Phi) is 6.62. The molecule has 0 radical (unpaired) electrons. The molecule has 4 N–H and O–H groups in total. The Bertz CT molecular complexity index is 707. The number of para-hydroxylation sites is 1. The summed E-state index contributed by atoms with van der Waals surface area (Å²) in [5.41, 5.74) is 6.58. The number of nitrogens with one attached hydrogen (secondary N) is 2. The van der Waals surface area contributed by atoms with Gasteiger partial charge in [0.15, 0.2) is 0 Å². The van der Waals surface area contributed by atoms with E-state index in [4.69, 9.17) is 5.73 Å². The standard InChI is InChI=1S/C17H18FN3O2S/c18-13-7-5-12(6-8-13)11-20-17(23)21-14-3-1-2-4-15(14)24-10-9-16(19)22/h1-8H,9-11H2,(H2,19,22)(H2,20,21,23). The maximum Gasteiger partial charge on any atom is 0.319 e. The van der Waals surface area contributed by atoms with Crippen molar-refractivity contribution in [2.75, 3.05) is 11.1 Å². The van der Waals surface area contributed by atoms with Crippen molar-refractivity contribution >= 4 is 29.4 Å². The molecule has 0 fully saturated rings. The first-order chi connectivity index (χ1) is 11.5. The molecule has 2 aromatic carbocycles. The van der Waals surface area contributed by atoms with Crippen LogP contribution in [0.5, 0.6) is 0 Å². The van der Waals surface area contributed by atoms with Gasteiger partial charge in [0.1, 0.15) is 5.82 Å². The van der Waals surface area contributed by atoms with Gasteiger partial charge >= 0.3 is 6.03 Å². The Morgan fingerprint density at radius 3 is 2.50 bits per heavy atom. The molecule has 0 atom stereocenters. The molecule has 126 valence electrons. The largest absolute Gasteiger partial charge is 0.370 e. The molecule has 0 saturated carbocycles. The van der Waals surface area contributed by atoms with E-state index < -0.39 is 0 Å². The molecule has 0 unspecified atom stereocenters. The zero-order chi connectivity index (χ0) is 17.4. The molecule has 7 heteroatoms. The zero-order valence-electron chi connectivity index (χ0n) is 12.9. The Hall–Kier alpha value is -2.54. The fourth-order valence-electron chi connectivity index (χ4n) is 1.91. The lowest BCUT2D eigenvalue weighted by Gasteiger charge is -2.11. The Morgan fingerprint density at radius 2 is 1.79 bits per heavy atom. The van der Waals surface area contributed by atoms with Gasteiger partial charge in [-0.1, -0.05) is 24.3 Å².